The van der Waals surface area contributed by atoms with Gasteiger partial charge in [0.15, 0.2) is 0 Å². The number of rotatable bonds is 1. The number of halogens is 2. The van der Waals surface area contributed by atoms with Crippen LogP contribution in [0.2, 0.25) is 0 Å². The zero-order valence-corrected chi connectivity index (χ0v) is 9.29. The normalized spacial score (nSPS) is 25.9. The molecular formula is C12H16F2N2. The molecule has 0 aromatic heterocycles. The van der Waals surface area contributed by atoms with Crippen molar-refractivity contribution in [1.82, 2.24) is 0 Å². The van der Waals surface area contributed by atoms with Gasteiger partial charge in [-0.1, -0.05) is 6.92 Å². The summed E-state index contributed by atoms with van der Waals surface area (Å²) < 4.78 is 26.6. The summed E-state index contributed by atoms with van der Waals surface area (Å²) in [6.07, 6.45) is 0.817. The third kappa shape index (κ3) is 2.16. The van der Waals surface area contributed by atoms with Gasteiger partial charge in [0.25, 0.3) is 0 Å². The molecule has 2 rings (SSSR count). The third-order valence-electron chi connectivity index (χ3n) is 3.22. The van der Waals surface area contributed by atoms with Gasteiger partial charge in [-0.15, -0.1) is 0 Å². The summed E-state index contributed by atoms with van der Waals surface area (Å²) in [6, 6.07) is 3.72. The van der Waals surface area contributed by atoms with E-state index in [1.807, 2.05) is 11.8 Å². The molecule has 0 bridgehead atoms. The summed E-state index contributed by atoms with van der Waals surface area (Å²) >= 11 is 0. The van der Waals surface area contributed by atoms with Gasteiger partial charge in [-0.25, -0.2) is 8.78 Å². The van der Waals surface area contributed by atoms with Crippen molar-refractivity contribution in [2.45, 2.75) is 19.4 Å². The van der Waals surface area contributed by atoms with Crippen LogP contribution in [0.1, 0.15) is 13.3 Å². The molecule has 88 valence electrons. The van der Waals surface area contributed by atoms with Gasteiger partial charge in [0.1, 0.15) is 11.6 Å². The maximum absolute atomic E-state index is 13.5. The fourth-order valence-corrected chi connectivity index (χ4v) is 2.11. The molecule has 2 unspecified atom stereocenters. The lowest BCUT2D eigenvalue weighted by atomic mass is 9.94. The van der Waals surface area contributed by atoms with Crippen molar-refractivity contribution in [3.63, 3.8) is 0 Å². The van der Waals surface area contributed by atoms with Crippen molar-refractivity contribution in [2.75, 3.05) is 18.0 Å². The quantitative estimate of drug-likeness (QED) is 0.795. The molecule has 1 aliphatic rings. The molecule has 1 heterocycles. The highest BCUT2D eigenvalue weighted by molar-refractivity contribution is 5.48. The molecule has 0 spiro atoms. The number of hydrogen-bond donors (Lipinski definition) is 1. The van der Waals surface area contributed by atoms with Crippen molar-refractivity contribution < 1.29 is 8.78 Å². The fraction of sp³-hybridized carbons (Fsp3) is 0.500. The Morgan fingerprint density at radius 1 is 1.38 bits per heavy atom. The Bertz CT molecular complexity index is 381. The highest BCUT2D eigenvalue weighted by atomic mass is 19.1. The van der Waals surface area contributed by atoms with Crippen molar-refractivity contribution in [3.8, 4) is 0 Å². The Morgan fingerprint density at radius 3 is 2.81 bits per heavy atom. The number of nitrogens with zero attached hydrogens (tertiary/aromatic N) is 1. The first-order valence-corrected chi connectivity index (χ1v) is 5.53. The molecule has 2 nitrogen and oxygen atoms in total. The van der Waals surface area contributed by atoms with Crippen LogP contribution in [0.4, 0.5) is 14.5 Å². The van der Waals surface area contributed by atoms with Gasteiger partial charge >= 0.3 is 0 Å². The van der Waals surface area contributed by atoms with Gasteiger partial charge in [-0.2, -0.15) is 0 Å². The van der Waals surface area contributed by atoms with E-state index in [0.29, 0.717) is 24.7 Å². The van der Waals surface area contributed by atoms with E-state index < -0.39 is 5.82 Å². The van der Waals surface area contributed by atoms with Crippen molar-refractivity contribution in [3.05, 3.63) is 29.8 Å². The number of anilines is 1. The molecule has 1 fully saturated rings. The summed E-state index contributed by atoms with van der Waals surface area (Å²) in [5.41, 5.74) is 6.24. The lowest BCUT2D eigenvalue weighted by Gasteiger charge is -2.36. The first-order chi connectivity index (χ1) is 7.58. The van der Waals surface area contributed by atoms with Crippen LogP contribution in [0.25, 0.3) is 0 Å². The van der Waals surface area contributed by atoms with Crippen LogP contribution in [0.3, 0.4) is 0 Å². The van der Waals surface area contributed by atoms with Crippen molar-refractivity contribution >= 4 is 5.69 Å². The lowest BCUT2D eigenvalue weighted by molar-refractivity contribution is 0.380. The van der Waals surface area contributed by atoms with E-state index in [9.17, 15) is 8.78 Å². The molecule has 0 aliphatic carbocycles. The number of benzene rings is 1. The Labute approximate surface area is 94.0 Å². The predicted molar refractivity (Wildman–Crippen MR) is 60.3 cm³/mol. The summed E-state index contributed by atoms with van der Waals surface area (Å²) in [4.78, 5) is 1.87. The van der Waals surface area contributed by atoms with Crippen molar-refractivity contribution in [2.24, 2.45) is 11.7 Å². The van der Waals surface area contributed by atoms with Crippen LogP contribution in [0, 0.1) is 17.6 Å². The number of nitrogens with two attached hydrogens (primary N) is 1. The highest BCUT2D eigenvalue weighted by Crippen LogP contribution is 2.25. The van der Waals surface area contributed by atoms with Gasteiger partial charge in [0, 0.05) is 25.2 Å². The van der Waals surface area contributed by atoms with E-state index >= 15 is 0 Å². The van der Waals surface area contributed by atoms with E-state index in [0.717, 1.165) is 12.5 Å². The number of piperidine rings is 1. The molecule has 16 heavy (non-hydrogen) atoms. The zero-order valence-electron chi connectivity index (χ0n) is 9.29. The molecule has 0 amide bonds. The minimum Gasteiger partial charge on any atom is -0.369 e. The van der Waals surface area contributed by atoms with Crippen molar-refractivity contribution in [1.29, 1.82) is 0 Å². The van der Waals surface area contributed by atoms with Gasteiger partial charge < -0.3 is 10.6 Å². The first-order valence-electron chi connectivity index (χ1n) is 5.53. The number of hydrogen-bond acceptors (Lipinski definition) is 2. The molecule has 4 heteroatoms. The van der Waals surface area contributed by atoms with E-state index in [-0.39, 0.29) is 11.9 Å². The van der Waals surface area contributed by atoms with Gasteiger partial charge in [0.05, 0.1) is 5.69 Å². The molecule has 1 aromatic rings. The summed E-state index contributed by atoms with van der Waals surface area (Å²) in [6.45, 7) is 3.40. The highest BCUT2D eigenvalue weighted by Gasteiger charge is 2.24. The van der Waals surface area contributed by atoms with Crippen LogP contribution in [-0.2, 0) is 0 Å². The van der Waals surface area contributed by atoms with Crippen LogP contribution < -0.4 is 10.6 Å². The monoisotopic (exact) mass is 226 g/mol. The summed E-state index contributed by atoms with van der Waals surface area (Å²) in [7, 11) is 0. The summed E-state index contributed by atoms with van der Waals surface area (Å²) in [5.74, 6) is -0.473. The van der Waals surface area contributed by atoms with Gasteiger partial charge in [-0.3, -0.25) is 0 Å². The molecule has 0 radical (unpaired) electrons. The van der Waals surface area contributed by atoms with Crippen LogP contribution in [0.15, 0.2) is 18.2 Å². The molecule has 0 saturated carbocycles. The Kier molecular flexibility index (Phi) is 3.10. The molecule has 2 N–H and O–H groups in total. The molecule has 2 atom stereocenters. The third-order valence-corrected chi connectivity index (χ3v) is 3.22. The Balaban J connectivity index is 2.21. The average Bonchev–Trinajstić information content (AvgIpc) is 2.26. The minimum absolute atomic E-state index is 0.160. The van der Waals surface area contributed by atoms with Crippen LogP contribution in [0.5, 0.6) is 0 Å². The average molecular weight is 226 g/mol. The van der Waals surface area contributed by atoms with Gasteiger partial charge in [-0.05, 0) is 24.5 Å². The molecule has 1 aromatic carbocycles. The van der Waals surface area contributed by atoms with E-state index in [4.69, 9.17) is 5.73 Å². The summed E-state index contributed by atoms with van der Waals surface area (Å²) in [5, 5.41) is 0. The first kappa shape index (κ1) is 11.3. The molecule has 1 saturated heterocycles. The second-order valence-corrected chi connectivity index (χ2v) is 4.47. The van der Waals surface area contributed by atoms with Crippen LogP contribution >= 0.6 is 0 Å². The zero-order chi connectivity index (χ0) is 11.7. The minimum atomic E-state index is -0.404. The van der Waals surface area contributed by atoms with E-state index in [2.05, 4.69) is 0 Å². The standard InChI is InChI=1S/C12H16F2N2/c1-8-7-16(5-4-11(8)15)12-6-9(13)2-3-10(12)14/h2-3,6,8,11H,4-5,7,15H2,1H3. The molecule has 1 aliphatic heterocycles. The second kappa shape index (κ2) is 4.37. The topological polar surface area (TPSA) is 29.3 Å². The maximum Gasteiger partial charge on any atom is 0.146 e. The Morgan fingerprint density at radius 2 is 2.12 bits per heavy atom. The van der Waals surface area contributed by atoms with Crippen LogP contribution in [-0.4, -0.2) is 19.1 Å². The lowest BCUT2D eigenvalue weighted by Crippen LogP contribution is -2.46. The molecular weight excluding hydrogens is 210 g/mol. The maximum atomic E-state index is 13.5. The van der Waals surface area contributed by atoms with Gasteiger partial charge in [0.2, 0.25) is 0 Å². The smallest absolute Gasteiger partial charge is 0.146 e. The fourth-order valence-electron chi connectivity index (χ4n) is 2.11. The second-order valence-electron chi connectivity index (χ2n) is 4.47. The largest absolute Gasteiger partial charge is 0.369 e. The van der Waals surface area contributed by atoms with E-state index in [1.54, 1.807) is 0 Å². The SMILES string of the molecule is CC1CN(c2cc(F)ccc2F)CCC1N. The van der Waals surface area contributed by atoms with E-state index in [1.165, 1.54) is 12.1 Å². The predicted octanol–water partition coefficient (Wildman–Crippen LogP) is 2.14. The Hall–Kier alpha value is -1.16.